The van der Waals surface area contributed by atoms with Crippen LogP contribution in [0.25, 0.3) is 22.2 Å². The predicted molar refractivity (Wildman–Crippen MR) is 93.3 cm³/mol. The summed E-state index contributed by atoms with van der Waals surface area (Å²) in [7, 11) is 2.10. The van der Waals surface area contributed by atoms with Crippen molar-refractivity contribution in [3.8, 4) is 22.8 Å². The van der Waals surface area contributed by atoms with Crippen LogP contribution in [0.2, 0.25) is 0 Å². The first-order chi connectivity index (χ1) is 11.7. The van der Waals surface area contributed by atoms with Crippen LogP contribution in [-0.4, -0.2) is 0 Å². The van der Waals surface area contributed by atoms with Gasteiger partial charge in [0.2, 0.25) is 5.75 Å². The summed E-state index contributed by atoms with van der Waals surface area (Å²) in [5.74, 6) is 2.68. The second-order valence-corrected chi connectivity index (χ2v) is 7.32. The number of aryl methyl sites for hydroxylation is 2. The summed E-state index contributed by atoms with van der Waals surface area (Å²) >= 11 is 0. The van der Waals surface area contributed by atoms with Gasteiger partial charge >= 0.3 is 0 Å². The van der Waals surface area contributed by atoms with E-state index in [1.165, 1.54) is 48.1 Å². The predicted octanol–water partition coefficient (Wildman–Crippen LogP) is 5.07. The molecule has 0 unspecified atom stereocenters. The highest BCUT2D eigenvalue weighted by Gasteiger charge is 2.33. The zero-order valence-corrected chi connectivity index (χ0v) is 14.3. The highest BCUT2D eigenvalue weighted by atomic mass is 16.5. The average molecular weight is 320 g/mol. The number of hydrogen-bond acceptors (Lipinski definition) is 2. The monoisotopic (exact) mass is 320 g/mol. The van der Waals surface area contributed by atoms with Crippen LogP contribution in [0.4, 0.5) is 0 Å². The van der Waals surface area contributed by atoms with Gasteiger partial charge in [0, 0.05) is 11.6 Å². The van der Waals surface area contributed by atoms with E-state index >= 15 is 0 Å². The number of aromatic nitrogens is 1. The standard InChI is InChI=1S/C21H22NO2/c1-13-7-8-16-19-17(12-23-16)24-21-15(11-14-5-3-4-6-14)9-10-22(2)20(21)18(13)19/h7-10,12,14H,3-6,11H2,1-2H3/q+1. The third kappa shape index (κ3) is 1.94. The molecule has 3 nitrogen and oxygen atoms in total. The maximum atomic E-state index is 6.35. The quantitative estimate of drug-likeness (QED) is 0.482. The molecule has 1 fully saturated rings. The Balaban J connectivity index is 1.74. The Kier molecular flexibility index (Phi) is 2.99. The molecular formula is C21H22NO2+. The molecule has 3 aromatic rings. The van der Waals surface area contributed by atoms with Crippen molar-refractivity contribution in [1.29, 1.82) is 0 Å². The Morgan fingerprint density at radius 3 is 2.83 bits per heavy atom. The SMILES string of the molecule is Cc1ccc2occ3c2c1-c1c(c(CC2CCCC2)cc[n+]1C)O3. The first-order valence-corrected chi connectivity index (χ1v) is 8.93. The molecule has 24 heavy (non-hydrogen) atoms. The number of hydrogen-bond donors (Lipinski definition) is 0. The molecule has 1 saturated carbocycles. The van der Waals surface area contributed by atoms with Gasteiger partial charge in [-0.15, -0.1) is 0 Å². The average Bonchev–Trinajstić information content (AvgIpc) is 3.23. The van der Waals surface area contributed by atoms with E-state index < -0.39 is 0 Å². The van der Waals surface area contributed by atoms with Crippen molar-refractivity contribution in [3.63, 3.8) is 0 Å². The Labute approximate surface area is 141 Å². The van der Waals surface area contributed by atoms with E-state index in [4.69, 9.17) is 9.15 Å². The zero-order chi connectivity index (χ0) is 16.3. The fraction of sp³-hybridized carbons (Fsp3) is 0.381. The molecule has 3 heteroatoms. The number of fused-ring (bicyclic) bond motifs is 2. The molecule has 0 N–H and O–H groups in total. The Morgan fingerprint density at radius 2 is 2.00 bits per heavy atom. The van der Waals surface area contributed by atoms with Crippen LogP contribution in [0.5, 0.6) is 11.5 Å². The first-order valence-electron chi connectivity index (χ1n) is 8.93. The summed E-state index contributed by atoms with van der Waals surface area (Å²) in [5.41, 5.74) is 5.94. The summed E-state index contributed by atoms with van der Waals surface area (Å²) in [4.78, 5) is 0. The Morgan fingerprint density at radius 1 is 1.17 bits per heavy atom. The number of pyridine rings is 1. The van der Waals surface area contributed by atoms with Gasteiger partial charge in [-0.25, -0.2) is 0 Å². The van der Waals surface area contributed by atoms with E-state index in [0.29, 0.717) is 0 Å². The number of nitrogens with zero attached hydrogens (tertiary/aromatic N) is 1. The topological polar surface area (TPSA) is 26.2 Å². The molecule has 1 aromatic carbocycles. The van der Waals surface area contributed by atoms with Gasteiger partial charge in [-0.2, -0.15) is 4.57 Å². The largest absolute Gasteiger partial charge is 0.460 e. The molecule has 0 atom stereocenters. The summed E-state index contributed by atoms with van der Waals surface area (Å²) < 4.78 is 14.3. The highest BCUT2D eigenvalue weighted by Crippen LogP contribution is 2.49. The van der Waals surface area contributed by atoms with E-state index in [9.17, 15) is 0 Å². The molecular weight excluding hydrogens is 298 g/mol. The minimum absolute atomic E-state index is 0.799. The molecule has 1 aliphatic carbocycles. The minimum atomic E-state index is 0.799. The van der Waals surface area contributed by atoms with Gasteiger partial charge in [0.15, 0.2) is 11.9 Å². The fourth-order valence-corrected chi connectivity index (χ4v) is 4.45. The van der Waals surface area contributed by atoms with Crippen LogP contribution in [0, 0.1) is 12.8 Å². The summed E-state index contributed by atoms with van der Waals surface area (Å²) in [6.45, 7) is 2.17. The van der Waals surface area contributed by atoms with Crippen LogP contribution >= 0.6 is 0 Å². The van der Waals surface area contributed by atoms with Crippen molar-refractivity contribution in [2.24, 2.45) is 13.0 Å². The smallest absolute Gasteiger partial charge is 0.256 e. The van der Waals surface area contributed by atoms with Crippen molar-refractivity contribution >= 4 is 11.0 Å². The number of rotatable bonds is 2. The molecule has 0 amide bonds. The van der Waals surface area contributed by atoms with Gasteiger partial charge in [0.25, 0.3) is 5.69 Å². The second-order valence-electron chi connectivity index (χ2n) is 7.32. The summed E-state index contributed by atoms with van der Waals surface area (Å²) in [5, 5.41) is 1.11. The van der Waals surface area contributed by atoms with Crippen molar-refractivity contribution in [2.45, 2.75) is 39.0 Å². The van der Waals surface area contributed by atoms with E-state index in [2.05, 4.69) is 36.9 Å². The molecule has 0 spiro atoms. The Bertz CT molecular complexity index is 948. The molecule has 122 valence electrons. The van der Waals surface area contributed by atoms with Crippen molar-refractivity contribution in [3.05, 3.63) is 41.8 Å². The molecule has 0 saturated heterocycles. The molecule has 0 bridgehead atoms. The lowest BCUT2D eigenvalue weighted by molar-refractivity contribution is -0.660. The van der Waals surface area contributed by atoms with E-state index in [1.807, 2.05) is 6.07 Å². The molecule has 3 heterocycles. The van der Waals surface area contributed by atoms with Crippen LogP contribution in [0.1, 0.15) is 36.8 Å². The number of ether oxygens (including phenoxy) is 1. The van der Waals surface area contributed by atoms with E-state index in [1.54, 1.807) is 6.26 Å². The normalized spacial score (nSPS) is 16.4. The Hall–Kier alpha value is -2.29. The molecule has 1 aliphatic heterocycles. The van der Waals surface area contributed by atoms with Crippen LogP contribution in [0.15, 0.2) is 35.1 Å². The van der Waals surface area contributed by atoms with Gasteiger partial charge in [-0.05, 0) is 30.9 Å². The van der Waals surface area contributed by atoms with E-state index in [0.717, 1.165) is 34.8 Å². The number of furan rings is 1. The van der Waals surface area contributed by atoms with Gasteiger partial charge in [-0.1, -0.05) is 31.7 Å². The maximum absolute atomic E-state index is 6.35. The van der Waals surface area contributed by atoms with Gasteiger partial charge in [0.05, 0.1) is 10.9 Å². The molecule has 0 radical (unpaired) electrons. The highest BCUT2D eigenvalue weighted by molar-refractivity contribution is 6.01. The molecule has 2 aliphatic rings. The summed E-state index contributed by atoms with van der Waals surface area (Å²) in [6, 6.07) is 6.41. The second kappa shape index (κ2) is 5.10. The first kappa shape index (κ1) is 14.1. The lowest BCUT2D eigenvalue weighted by Gasteiger charge is -2.20. The number of benzene rings is 1. The molecule has 2 aromatic heterocycles. The van der Waals surface area contributed by atoms with Crippen LogP contribution in [-0.2, 0) is 13.5 Å². The lowest BCUT2D eigenvalue weighted by Crippen LogP contribution is -2.32. The van der Waals surface area contributed by atoms with Crippen molar-refractivity contribution in [1.82, 2.24) is 0 Å². The van der Waals surface area contributed by atoms with Gasteiger partial charge < -0.3 is 9.15 Å². The summed E-state index contributed by atoms with van der Waals surface area (Å²) in [6.07, 6.45) is 10.5. The van der Waals surface area contributed by atoms with Gasteiger partial charge in [0.1, 0.15) is 18.9 Å². The van der Waals surface area contributed by atoms with E-state index in [-0.39, 0.29) is 0 Å². The van der Waals surface area contributed by atoms with Crippen LogP contribution in [0.3, 0.4) is 0 Å². The van der Waals surface area contributed by atoms with Crippen LogP contribution < -0.4 is 9.30 Å². The fourth-order valence-electron chi connectivity index (χ4n) is 4.45. The maximum Gasteiger partial charge on any atom is 0.256 e. The van der Waals surface area contributed by atoms with Gasteiger partial charge in [-0.3, -0.25) is 0 Å². The lowest BCUT2D eigenvalue weighted by atomic mass is 9.92. The van der Waals surface area contributed by atoms with Crippen molar-refractivity contribution < 1.29 is 13.7 Å². The zero-order valence-electron chi connectivity index (χ0n) is 14.3. The third-order valence-corrected chi connectivity index (χ3v) is 5.71. The van der Waals surface area contributed by atoms with Crippen molar-refractivity contribution in [2.75, 3.05) is 0 Å². The minimum Gasteiger partial charge on any atom is -0.460 e. The third-order valence-electron chi connectivity index (χ3n) is 5.71. The molecule has 5 rings (SSSR count).